The number of methoxy groups -OCH3 is 2. The van der Waals surface area contributed by atoms with Gasteiger partial charge in [0.1, 0.15) is 11.3 Å². The molecule has 0 saturated carbocycles. The van der Waals surface area contributed by atoms with Gasteiger partial charge in [0.05, 0.1) is 14.2 Å². The van der Waals surface area contributed by atoms with Crippen molar-refractivity contribution in [2.75, 3.05) is 33.9 Å². The van der Waals surface area contributed by atoms with Crippen LogP contribution in [0.15, 0.2) is 10.9 Å². The van der Waals surface area contributed by atoms with Crippen LogP contribution in [0, 0.1) is 5.92 Å². The smallest absolute Gasteiger partial charge is 0.305 e. The van der Waals surface area contributed by atoms with Crippen molar-refractivity contribution < 1.29 is 23.9 Å². The summed E-state index contributed by atoms with van der Waals surface area (Å²) in [5.41, 5.74) is 0.674. The fourth-order valence-electron chi connectivity index (χ4n) is 3.61. The predicted octanol–water partition coefficient (Wildman–Crippen LogP) is 1.36. The molecule has 1 aromatic heterocycles. The van der Waals surface area contributed by atoms with Crippen molar-refractivity contribution in [2.24, 2.45) is 5.92 Å². The Balaban J connectivity index is 2.17. The van der Waals surface area contributed by atoms with Gasteiger partial charge in [-0.3, -0.25) is 19.2 Å². The monoisotopic (exact) mass is 435 g/mol. The predicted molar refractivity (Wildman–Crippen MR) is 115 cm³/mol. The second-order valence-electron chi connectivity index (χ2n) is 8.02. The van der Waals surface area contributed by atoms with Crippen LogP contribution in [0.25, 0.3) is 0 Å². The van der Waals surface area contributed by atoms with Crippen molar-refractivity contribution in [3.05, 3.63) is 27.7 Å². The normalized spacial score (nSPS) is 13.4. The summed E-state index contributed by atoms with van der Waals surface area (Å²) in [7, 11) is 2.75. The van der Waals surface area contributed by atoms with Gasteiger partial charge in [0.15, 0.2) is 0 Å². The summed E-state index contributed by atoms with van der Waals surface area (Å²) in [5, 5.41) is 2.91. The molecule has 1 aromatic rings. The van der Waals surface area contributed by atoms with Gasteiger partial charge < -0.3 is 24.3 Å². The van der Waals surface area contributed by atoms with Crippen LogP contribution in [0.3, 0.4) is 0 Å². The van der Waals surface area contributed by atoms with Crippen molar-refractivity contribution in [1.29, 1.82) is 0 Å². The number of amides is 2. The molecule has 2 heterocycles. The number of aromatic nitrogens is 1. The van der Waals surface area contributed by atoms with Crippen molar-refractivity contribution in [3.8, 4) is 5.75 Å². The molecule has 2 rings (SSSR count). The largest absolute Gasteiger partial charge is 0.496 e. The maximum absolute atomic E-state index is 12.9. The molecule has 0 radical (unpaired) electrons. The molecule has 0 aromatic carbocycles. The van der Waals surface area contributed by atoms with Crippen LogP contribution in [0.5, 0.6) is 5.75 Å². The highest BCUT2D eigenvalue weighted by atomic mass is 16.5. The molecule has 0 atom stereocenters. The van der Waals surface area contributed by atoms with Gasteiger partial charge in [-0.25, -0.2) is 0 Å². The molecule has 9 heteroatoms. The second kappa shape index (κ2) is 11.5. The number of carbonyl (C=O) groups is 3. The minimum absolute atomic E-state index is 0.0836. The molecule has 1 N–H and O–H groups in total. The van der Waals surface area contributed by atoms with Crippen LogP contribution in [-0.4, -0.2) is 61.1 Å². The summed E-state index contributed by atoms with van der Waals surface area (Å²) >= 11 is 0. The summed E-state index contributed by atoms with van der Waals surface area (Å²) < 4.78 is 11.5. The lowest BCUT2D eigenvalue weighted by atomic mass is 10.1. The number of hydrogen-bond acceptors (Lipinski definition) is 6. The molecule has 0 saturated heterocycles. The van der Waals surface area contributed by atoms with Gasteiger partial charge in [-0.2, -0.15) is 0 Å². The number of nitrogens with one attached hydrogen (secondary N) is 1. The Morgan fingerprint density at radius 1 is 1.13 bits per heavy atom. The number of rotatable bonds is 9. The minimum atomic E-state index is -0.345. The van der Waals surface area contributed by atoms with E-state index in [0.717, 1.165) is 6.42 Å². The van der Waals surface area contributed by atoms with Gasteiger partial charge in [-0.15, -0.1) is 0 Å². The van der Waals surface area contributed by atoms with Crippen LogP contribution >= 0.6 is 0 Å². The van der Waals surface area contributed by atoms with E-state index < -0.39 is 0 Å². The van der Waals surface area contributed by atoms with Crippen molar-refractivity contribution in [2.45, 2.75) is 52.5 Å². The number of carbonyl (C=O) groups excluding carboxylic acids is 3. The second-order valence-corrected chi connectivity index (χ2v) is 8.02. The lowest BCUT2D eigenvalue weighted by Crippen LogP contribution is -2.34. The fraction of sp³-hybridized carbons (Fsp3) is 0.636. The summed E-state index contributed by atoms with van der Waals surface area (Å²) in [5.74, 6) is -0.00536. The van der Waals surface area contributed by atoms with Crippen LogP contribution in [-0.2, 0) is 27.3 Å². The summed E-state index contributed by atoms with van der Waals surface area (Å²) in [4.78, 5) is 51.1. The molecular formula is C22H33N3O6. The minimum Gasteiger partial charge on any atom is -0.496 e. The fourth-order valence-corrected chi connectivity index (χ4v) is 3.61. The standard InChI is InChI=1S/C22H33N3O6/c1-15(2)8-10-23-22(29)21-16-9-11-24(18(26)6-5-7-20(28)31-4)12-13-25(16)19(27)14-17(21)30-3/h14-15H,5-13H2,1-4H3,(H,23,29). The van der Waals surface area contributed by atoms with E-state index in [2.05, 4.69) is 23.9 Å². The zero-order chi connectivity index (χ0) is 23.0. The lowest BCUT2D eigenvalue weighted by Gasteiger charge is -2.19. The zero-order valence-electron chi connectivity index (χ0n) is 18.9. The van der Waals surface area contributed by atoms with Gasteiger partial charge >= 0.3 is 5.97 Å². The van der Waals surface area contributed by atoms with E-state index in [1.165, 1.54) is 20.3 Å². The van der Waals surface area contributed by atoms with Crippen LogP contribution in [0.4, 0.5) is 0 Å². The molecule has 1 aliphatic heterocycles. The molecule has 0 unspecified atom stereocenters. The molecule has 0 bridgehead atoms. The van der Waals surface area contributed by atoms with Gasteiger partial charge in [-0.1, -0.05) is 13.8 Å². The quantitative estimate of drug-likeness (QED) is 0.587. The number of esters is 1. The molecule has 31 heavy (non-hydrogen) atoms. The molecule has 172 valence electrons. The van der Waals surface area contributed by atoms with Crippen molar-refractivity contribution >= 4 is 17.8 Å². The highest BCUT2D eigenvalue weighted by Gasteiger charge is 2.26. The topological polar surface area (TPSA) is 107 Å². The van der Waals surface area contributed by atoms with Gasteiger partial charge in [0.25, 0.3) is 11.5 Å². The first-order chi connectivity index (χ1) is 14.8. The van der Waals surface area contributed by atoms with Gasteiger partial charge in [0.2, 0.25) is 5.91 Å². The number of nitrogens with zero attached hydrogens (tertiary/aromatic N) is 2. The Morgan fingerprint density at radius 3 is 2.52 bits per heavy atom. The molecule has 0 fully saturated rings. The Hall–Kier alpha value is -2.84. The molecule has 0 spiro atoms. The Morgan fingerprint density at radius 2 is 1.87 bits per heavy atom. The number of fused-ring (bicyclic) bond motifs is 1. The van der Waals surface area contributed by atoms with Gasteiger partial charge in [-0.05, 0) is 18.8 Å². The number of ether oxygens (including phenoxy) is 2. The highest BCUT2D eigenvalue weighted by molar-refractivity contribution is 5.98. The summed E-state index contributed by atoms with van der Waals surface area (Å²) in [6.07, 6.45) is 2.03. The zero-order valence-corrected chi connectivity index (χ0v) is 18.9. The number of hydrogen-bond donors (Lipinski definition) is 1. The number of pyridine rings is 1. The first kappa shape index (κ1) is 24.4. The van der Waals surface area contributed by atoms with E-state index in [0.29, 0.717) is 56.2 Å². The van der Waals surface area contributed by atoms with E-state index in [4.69, 9.17) is 4.74 Å². The van der Waals surface area contributed by atoms with E-state index in [1.807, 2.05) is 0 Å². The third-order valence-electron chi connectivity index (χ3n) is 5.40. The van der Waals surface area contributed by atoms with E-state index in [1.54, 1.807) is 9.47 Å². The lowest BCUT2D eigenvalue weighted by molar-refractivity contribution is -0.140. The van der Waals surface area contributed by atoms with E-state index in [9.17, 15) is 19.2 Å². The molecule has 0 aliphatic carbocycles. The average Bonchev–Trinajstić information content (AvgIpc) is 2.96. The summed E-state index contributed by atoms with van der Waals surface area (Å²) in [6, 6.07) is 1.33. The first-order valence-corrected chi connectivity index (χ1v) is 10.7. The highest BCUT2D eigenvalue weighted by Crippen LogP contribution is 2.23. The molecule has 9 nitrogen and oxygen atoms in total. The van der Waals surface area contributed by atoms with Crippen molar-refractivity contribution in [3.63, 3.8) is 0 Å². The Labute approximate surface area is 182 Å². The third kappa shape index (κ3) is 6.57. The van der Waals surface area contributed by atoms with Crippen LogP contribution in [0.2, 0.25) is 0 Å². The Kier molecular flexibility index (Phi) is 9.08. The van der Waals surface area contributed by atoms with Crippen LogP contribution < -0.4 is 15.6 Å². The van der Waals surface area contributed by atoms with Crippen molar-refractivity contribution in [1.82, 2.24) is 14.8 Å². The first-order valence-electron chi connectivity index (χ1n) is 10.7. The van der Waals surface area contributed by atoms with E-state index >= 15 is 0 Å². The maximum atomic E-state index is 12.9. The van der Waals surface area contributed by atoms with Crippen LogP contribution in [0.1, 0.15) is 55.6 Å². The SMILES string of the molecule is COC(=O)CCCC(=O)N1CCc2c(C(=O)NCCC(C)C)c(OC)cc(=O)n2CC1. The van der Waals surface area contributed by atoms with E-state index in [-0.39, 0.29) is 41.9 Å². The molecule has 2 amide bonds. The third-order valence-corrected chi connectivity index (χ3v) is 5.40. The maximum Gasteiger partial charge on any atom is 0.305 e. The molecule has 1 aliphatic rings. The average molecular weight is 436 g/mol. The Bertz CT molecular complexity index is 862. The van der Waals surface area contributed by atoms with Gasteiger partial charge in [0, 0.05) is 57.2 Å². The summed E-state index contributed by atoms with van der Waals surface area (Å²) in [6.45, 7) is 5.74. The molecular weight excluding hydrogens is 402 g/mol.